The van der Waals surface area contributed by atoms with Crippen molar-refractivity contribution in [2.75, 3.05) is 6.61 Å². The molecule has 4 aliphatic rings. The van der Waals surface area contributed by atoms with E-state index in [1.54, 1.807) is 12.2 Å². The van der Waals surface area contributed by atoms with Crippen LogP contribution in [0.4, 0.5) is 0 Å². The van der Waals surface area contributed by atoms with Gasteiger partial charge in [-0.15, -0.1) is 23.2 Å². The van der Waals surface area contributed by atoms with E-state index in [0.717, 1.165) is 18.4 Å². The van der Waals surface area contributed by atoms with Gasteiger partial charge in [-0.05, 0) is 55.6 Å². The molecule has 4 aliphatic carbocycles. The summed E-state index contributed by atoms with van der Waals surface area (Å²) in [5.74, 6) is -1.43. The minimum atomic E-state index is -1.64. The molecule has 0 unspecified atom stereocenters. The molecule has 0 saturated heterocycles. The van der Waals surface area contributed by atoms with Gasteiger partial charge in [0.25, 0.3) is 0 Å². The molecule has 1 N–H and O–H groups in total. The Kier molecular flexibility index (Phi) is 5.32. The Balaban J connectivity index is 1.76. The Labute approximate surface area is 193 Å². The van der Waals surface area contributed by atoms with Crippen molar-refractivity contribution in [3.05, 3.63) is 23.8 Å². The zero-order valence-electron chi connectivity index (χ0n) is 18.4. The van der Waals surface area contributed by atoms with Crippen molar-refractivity contribution in [1.29, 1.82) is 0 Å². The molecule has 4 rings (SSSR count). The monoisotopic (exact) mass is 468 g/mol. The summed E-state index contributed by atoms with van der Waals surface area (Å²) < 4.78 is 4.95. The molecule has 0 aromatic heterocycles. The van der Waals surface area contributed by atoms with E-state index in [2.05, 4.69) is 6.92 Å². The first-order chi connectivity index (χ1) is 14.3. The fourth-order valence-electron chi connectivity index (χ4n) is 7.35. The largest absolute Gasteiger partial charge is 0.458 e. The fourth-order valence-corrected chi connectivity index (χ4v) is 8.58. The molecule has 0 heterocycles. The summed E-state index contributed by atoms with van der Waals surface area (Å²) in [7, 11) is 0. The number of fused-ring (bicyclic) bond motifs is 5. The van der Waals surface area contributed by atoms with Crippen molar-refractivity contribution in [2.45, 2.75) is 69.2 Å². The summed E-state index contributed by atoms with van der Waals surface area (Å²) in [5, 5.41) is 11.3. The number of aliphatic hydroxyl groups is 1. The van der Waals surface area contributed by atoms with E-state index in [-0.39, 0.29) is 23.5 Å². The van der Waals surface area contributed by atoms with E-state index in [9.17, 15) is 19.5 Å². The zero-order chi connectivity index (χ0) is 23.0. The number of hydrogen-bond donors (Lipinski definition) is 1. The Morgan fingerprint density at radius 3 is 2.61 bits per heavy atom. The molecule has 7 heteroatoms. The van der Waals surface area contributed by atoms with Crippen molar-refractivity contribution >= 4 is 40.7 Å². The van der Waals surface area contributed by atoms with Crippen LogP contribution in [0.3, 0.4) is 0 Å². The maximum atomic E-state index is 13.2. The lowest BCUT2D eigenvalue weighted by Gasteiger charge is -2.63. The maximum Gasteiger partial charge on any atom is 0.303 e. The molecule has 0 radical (unpaired) electrons. The molecular weight excluding hydrogens is 439 g/mol. The maximum absolute atomic E-state index is 13.2. The van der Waals surface area contributed by atoms with E-state index in [4.69, 9.17) is 27.9 Å². The molecule has 0 aliphatic heterocycles. The highest BCUT2D eigenvalue weighted by atomic mass is 35.5. The normalized spacial score (nSPS) is 48.4. The summed E-state index contributed by atoms with van der Waals surface area (Å²) in [5.41, 5.74) is -1.99. The molecule has 170 valence electrons. The summed E-state index contributed by atoms with van der Waals surface area (Å²) in [6, 6.07) is 0. The van der Waals surface area contributed by atoms with Gasteiger partial charge in [0.15, 0.2) is 12.4 Å². The number of esters is 1. The van der Waals surface area contributed by atoms with Crippen LogP contribution in [0.2, 0.25) is 0 Å². The lowest BCUT2D eigenvalue weighted by molar-refractivity contribution is -0.172. The van der Waals surface area contributed by atoms with Gasteiger partial charge < -0.3 is 9.84 Å². The van der Waals surface area contributed by atoms with Gasteiger partial charge >= 0.3 is 5.97 Å². The second-order valence-corrected chi connectivity index (χ2v) is 11.5. The van der Waals surface area contributed by atoms with Crippen LogP contribution in [0.25, 0.3) is 0 Å². The number of ether oxygens (including phenoxy) is 1. The Bertz CT molecular complexity index is 912. The van der Waals surface area contributed by atoms with Gasteiger partial charge in [0.05, 0.1) is 10.3 Å². The number of Topliss-reactive ketones (excluding diaryl/α,β-unsaturated/α-hetero) is 1. The lowest BCUT2D eigenvalue weighted by atomic mass is 9.46. The first-order valence-electron chi connectivity index (χ1n) is 11.0. The van der Waals surface area contributed by atoms with Crippen molar-refractivity contribution in [3.63, 3.8) is 0 Å². The Morgan fingerprint density at radius 2 is 1.97 bits per heavy atom. The quantitative estimate of drug-likeness (QED) is 0.500. The molecule has 0 aromatic carbocycles. The SMILES string of the molecule is CC(=O)OCC(=O)[C@@]1(O)[C@H](C)C[C@H]2[C@@H]3CCC4=CC(=O)C=C[C@]4(C)[C@@]3(Cl)[C@@H](Cl)C[C@@]21C. The van der Waals surface area contributed by atoms with Gasteiger partial charge in [-0.2, -0.15) is 0 Å². The number of carbonyl (C=O) groups is 3. The molecular formula is C24H30Cl2O5. The molecule has 8 atom stereocenters. The second-order valence-electron chi connectivity index (χ2n) is 10.3. The van der Waals surface area contributed by atoms with Crippen molar-refractivity contribution < 1.29 is 24.2 Å². The van der Waals surface area contributed by atoms with E-state index >= 15 is 0 Å². The molecule has 0 amide bonds. The fraction of sp³-hybridized carbons (Fsp3) is 0.708. The Morgan fingerprint density at radius 1 is 1.29 bits per heavy atom. The van der Waals surface area contributed by atoms with E-state index in [0.29, 0.717) is 12.8 Å². The van der Waals surface area contributed by atoms with Crippen LogP contribution in [-0.2, 0) is 19.1 Å². The number of rotatable bonds is 3. The highest BCUT2D eigenvalue weighted by molar-refractivity contribution is 6.34. The number of ketones is 2. The van der Waals surface area contributed by atoms with E-state index in [1.165, 1.54) is 6.92 Å². The van der Waals surface area contributed by atoms with Gasteiger partial charge in [0, 0.05) is 17.8 Å². The van der Waals surface area contributed by atoms with Crippen LogP contribution in [-0.4, -0.2) is 45.1 Å². The zero-order valence-corrected chi connectivity index (χ0v) is 19.9. The topological polar surface area (TPSA) is 80.7 Å². The van der Waals surface area contributed by atoms with Crippen LogP contribution in [0.15, 0.2) is 23.8 Å². The average molecular weight is 469 g/mol. The molecule has 31 heavy (non-hydrogen) atoms. The predicted octanol–water partition coefficient (Wildman–Crippen LogP) is 3.98. The number of halogens is 2. The number of hydrogen-bond acceptors (Lipinski definition) is 5. The predicted molar refractivity (Wildman–Crippen MR) is 118 cm³/mol. The van der Waals surface area contributed by atoms with Gasteiger partial charge in [0.2, 0.25) is 5.78 Å². The van der Waals surface area contributed by atoms with Crippen LogP contribution < -0.4 is 0 Å². The molecule has 3 fully saturated rings. The highest BCUT2D eigenvalue weighted by Gasteiger charge is 2.74. The lowest BCUT2D eigenvalue weighted by Crippen LogP contribution is -2.67. The third kappa shape index (κ3) is 2.82. The smallest absolute Gasteiger partial charge is 0.303 e. The van der Waals surface area contributed by atoms with E-state index in [1.807, 2.05) is 19.9 Å². The first-order valence-corrected chi connectivity index (χ1v) is 11.8. The van der Waals surface area contributed by atoms with Crippen molar-refractivity contribution in [2.24, 2.45) is 28.6 Å². The third-order valence-corrected chi connectivity index (χ3v) is 10.6. The average Bonchev–Trinajstić information content (AvgIpc) is 2.89. The first kappa shape index (κ1) is 23.0. The summed E-state index contributed by atoms with van der Waals surface area (Å²) in [6.45, 7) is 6.66. The van der Waals surface area contributed by atoms with Gasteiger partial charge in [-0.1, -0.05) is 32.4 Å². The third-order valence-electron chi connectivity index (χ3n) is 9.01. The standard InChI is InChI=1S/C24H30Cl2O5/c1-13-9-18-17-6-5-15-10-16(28)7-8-21(15,3)23(17,26)19(25)11-22(18,4)24(13,30)20(29)12-31-14(2)27/h7-8,10,13,17-19,30H,5-6,9,11-12H2,1-4H3/t13-,17+,18+,19+,21+,22+,23+,24+/m1/s1. The second kappa shape index (κ2) is 7.16. The number of carbonyl (C=O) groups excluding carboxylic acids is 3. The van der Waals surface area contributed by atoms with Crippen LogP contribution >= 0.6 is 23.2 Å². The highest BCUT2D eigenvalue weighted by Crippen LogP contribution is 2.72. The molecule has 3 saturated carbocycles. The van der Waals surface area contributed by atoms with Crippen molar-refractivity contribution in [1.82, 2.24) is 0 Å². The van der Waals surface area contributed by atoms with E-state index < -0.39 is 45.0 Å². The molecule has 0 aromatic rings. The van der Waals surface area contributed by atoms with Crippen LogP contribution in [0.1, 0.15) is 53.4 Å². The van der Waals surface area contributed by atoms with Crippen LogP contribution in [0, 0.1) is 28.6 Å². The minimum Gasteiger partial charge on any atom is -0.458 e. The van der Waals surface area contributed by atoms with Gasteiger partial charge in [-0.3, -0.25) is 14.4 Å². The summed E-state index contributed by atoms with van der Waals surface area (Å²) in [6.07, 6.45) is 7.64. The number of allylic oxidation sites excluding steroid dienone is 4. The Hall–Kier alpha value is -1.17. The summed E-state index contributed by atoms with van der Waals surface area (Å²) in [4.78, 5) is 35.6. The molecule has 0 spiro atoms. The van der Waals surface area contributed by atoms with Gasteiger partial charge in [-0.25, -0.2) is 0 Å². The van der Waals surface area contributed by atoms with Gasteiger partial charge in [0.1, 0.15) is 5.60 Å². The minimum absolute atomic E-state index is 0.0225. The summed E-state index contributed by atoms with van der Waals surface area (Å²) >= 11 is 14.5. The molecule has 0 bridgehead atoms. The van der Waals surface area contributed by atoms with Crippen LogP contribution in [0.5, 0.6) is 0 Å². The van der Waals surface area contributed by atoms with Crippen molar-refractivity contribution in [3.8, 4) is 0 Å². The number of alkyl halides is 2. The molecule has 5 nitrogen and oxygen atoms in total.